The van der Waals surface area contributed by atoms with E-state index >= 15 is 0 Å². The first kappa shape index (κ1) is 18.0. The Bertz CT molecular complexity index is 1270. The molecule has 0 atom stereocenters. The van der Waals surface area contributed by atoms with E-state index in [1.54, 1.807) is 17.5 Å². The van der Waals surface area contributed by atoms with Gasteiger partial charge in [0.05, 0.1) is 20.7 Å². The van der Waals surface area contributed by atoms with Gasteiger partial charge in [0.25, 0.3) is 0 Å². The molecule has 0 saturated heterocycles. The number of aromatic carboxylic acids is 1. The van der Waals surface area contributed by atoms with Crippen molar-refractivity contribution in [2.75, 3.05) is 6.26 Å². The number of thiophene rings is 1. The van der Waals surface area contributed by atoms with Crippen LogP contribution in [0.3, 0.4) is 0 Å². The van der Waals surface area contributed by atoms with Crippen molar-refractivity contribution < 1.29 is 18.3 Å². The highest BCUT2D eigenvalue weighted by molar-refractivity contribution is 8.01. The number of fused-ring (bicyclic) bond motifs is 1. The summed E-state index contributed by atoms with van der Waals surface area (Å²) in [6, 6.07) is 6.23. The second kappa shape index (κ2) is 6.67. The fraction of sp³-hybridized carbons (Fsp3) is 0.0714. The molecule has 0 fully saturated rings. The van der Waals surface area contributed by atoms with Crippen molar-refractivity contribution in [1.82, 2.24) is 25.2 Å². The van der Waals surface area contributed by atoms with E-state index in [9.17, 15) is 18.3 Å². The maximum atomic E-state index is 11.7. The van der Waals surface area contributed by atoms with Gasteiger partial charge in [-0.1, -0.05) is 0 Å². The molecule has 13 heteroatoms. The average Bonchev–Trinajstić information content (AvgIpc) is 3.31. The zero-order valence-electron chi connectivity index (χ0n) is 13.4. The summed E-state index contributed by atoms with van der Waals surface area (Å²) >= 11 is 3.70. The Morgan fingerprint density at radius 1 is 1.30 bits per heavy atom. The molecule has 3 aromatic heterocycles. The molecule has 0 saturated carbocycles. The number of thiazole rings is 1. The maximum Gasteiger partial charge on any atom is 0.338 e. The number of aromatic nitrogens is 5. The number of hydrogen-bond donors (Lipinski definition) is 1. The Kier molecular flexibility index (Phi) is 4.46. The zero-order valence-corrected chi connectivity index (χ0v) is 16.7. The Morgan fingerprint density at radius 2 is 2.11 bits per heavy atom. The number of nitrogens with zero attached hydrogens (tertiary/aromatic N) is 5. The summed E-state index contributed by atoms with van der Waals surface area (Å²) in [5, 5.41) is 23.1. The number of carboxylic acid groups (broad SMARTS) is 1. The minimum Gasteiger partial charge on any atom is -0.478 e. The summed E-state index contributed by atoms with van der Waals surface area (Å²) in [5.74, 6) is -1.06. The van der Waals surface area contributed by atoms with Gasteiger partial charge >= 0.3 is 5.97 Å². The summed E-state index contributed by atoms with van der Waals surface area (Å²) in [4.78, 5) is 16.0. The molecule has 1 N–H and O–H groups in total. The van der Waals surface area contributed by atoms with Gasteiger partial charge in [-0.05, 0) is 51.8 Å². The number of hydrogen-bond acceptors (Lipinski definition) is 10. The van der Waals surface area contributed by atoms with Gasteiger partial charge in [0.1, 0.15) is 5.00 Å². The second-order valence-corrected chi connectivity index (χ2v) is 10.5. The predicted octanol–water partition coefficient (Wildman–Crippen LogP) is 2.59. The molecular formula is C14H9N5O4S4. The molecule has 4 rings (SSSR count). The third kappa shape index (κ3) is 3.45. The summed E-state index contributed by atoms with van der Waals surface area (Å²) in [6.45, 7) is 0. The van der Waals surface area contributed by atoms with Crippen LogP contribution in [-0.2, 0) is 9.84 Å². The number of carbonyl (C=O) groups is 1. The minimum absolute atomic E-state index is 0.108. The Labute approximate surface area is 164 Å². The van der Waals surface area contributed by atoms with Crippen LogP contribution in [-0.4, -0.2) is 50.9 Å². The Balaban J connectivity index is 1.71. The van der Waals surface area contributed by atoms with Crippen molar-refractivity contribution in [2.45, 2.75) is 14.4 Å². The molecule has 0 aliphatic heterocycles. The van der Waals surface area contributed by atoms with Gasteiger partial charge in [0.2, 0.25) is 5.16 Å². The molecule has 138 valence electrons. The SMILES string of the molecule is CS(=O)(=O)c1ccc2nc(Sc3nnnn3-c3sccc3C(=O)O)sc2c1. The van der Waals surface area contributed by atoms with Crippen LogP contribution in [0.5, 0.6) is 0 Å². The highest BCUT2D eigenvalue weighted by atomic mass is 32.2. The van der Waals surface area contributed by atoms with E-state index < -0.39 is 15.8 Å². The fourth-order valence-electron chi connectivity index (χ4n) is 2.23. The molecule has 0 amide bonds. The second-order valence-electron chi connectivity index (χ2n) is 5.30. The Morgan fingerprint density at radius 3 is 2.85 bits per heavy atom. The van der Waals surface area contributed by atoms with Crippen LogP contribution in [0.4, 0.5) is 0 Å². The van der Waals surface area contributed by atoms with Crippen LogP contribution in [0.1, 0.15) is 10.4 Å². The lowest BCUT2D eigenvalue weighted by atomic mass is 10.3. The molecule has 3 heterocycles. The van der Waals surface area contributed by atoms with Gasteiger partial charge < -0.3 is 5.11 Å². The molecule has 0 bridgehead atoms. The average molecular weight is 440 g/mol. The summed E-state index contributed by atoms with van der Waals surface area (Å²) < 4.78 is 26.1. The first-order chi connectivity index (χ1) is 12.8. The van der Waals surface area contributed by atoms with Crippen molar-refractivity contribution in [3.8, 4) is 5.00 Å². The summed E-state index contributed by atoms with van der Waals surface area (Å²) in [7, 11) is -3.30. The van der Waals surface area contributed by atoms with Crippen molar-refractivity contribution in [3.63, 3.8) is 0 Å². The smallest absolute Gasteiger partial charge is 0.338 e. The molecule has 9 nitrogen and oxygen atoms in total. The largest absolute Gasteiger partial charge is 0.478 e. The van der Waals surface area contributed by atoms with Crippen LogP contribution in [0.25, 0.3) is 15.2 Å². The van der Waals surface area contributed by atoms with E-state index in [1.807, 2.05) is 0 Å². The fourth-order valence-corrected chi connectivity index (χ4v) is 5.84. The third-order valence-corrected chi connectivity index (χ3v) is 7.47. The van der Waals surface area contributed by atoms with Crippen LogP contribution in [0, 0.1) is 0 Å². The van der Waals surface area contributed by atoms with Crippen molar-refractivity contribution in [3.05, 3.63) is 35.2 Å². The molecule has 0 aliphatic rings. The van der Waals surface area contributed by atoms with E-state index in [2.05, 4.69) is 20.5 Å². The highest BCUT2D eigenvalue weighted by Crippen LogP contribution is 2.35. The van der Waals surface area contributed by atoms with Gasteiger partial charge in [0, 0.05) is 6.26 Å². The summed E-state index contributed by atoms with van der Waals surface area (Å²) in [6.07, 6.45) is 1.15. The molecule has 0 aliphatic carbocycles. The van der Waals surface area contributed by atoms with Crippen LogP contribution < -0.4 is 0 Å². The van der Waals surface area contributed by atoms with E-state index in [-0.39, 0.29) is 10.5 Å². The first-order valence-electron chi connectivity index (χ1n) is 7.21. The number of carboxylic acids is 1. The molecule has 0 spiro atoms. The minimum atomic E-state index is -3.30. The molecule has 0 unspecified atom stereocenters. The standard InChI is InChI=1S/C14H9N5O4S4/c1-27(22,23)7-2-3-9-10(6-7)25-14(15-9)26-13-16-17-18-19(13)11-8(12(20)21)4-5-24-11/h2-6H,1H3,(H,20,21). The van der Waals surface area contributed by atoms with Crippen LogP contribution in [0.15, 0.2) is 44.0 Å². The normalized spacial score (nSPS) is 11.9. The van der Waals surface area contributed by atoms with Crippen molar-refractivity contribution in [2.24, 2.45) is 0 Å². The lowest BCUT2D eigenvalue weighted by Crippen LogP contribution is -2.04. The number of sulfone groups is 1. The lowest BCUT2D eigenvalue weighted by molar-refractivity contribution is 0.0697. The molecule has 0 radical (unpaired) electrons. The maximum absolute atomic E-state index is 11.7. The molecule has 27 heavy (non-hydrogen) atoms. The van der Waals surface area contributed by atoms with E-state index in [0.29, 0.717) is 20.0 Å². The molecule has 4 aromatic rings. The van der Waals surface area contributed by atoms with Gasteiger partial charge in [0.15, 0.2) is 14.2 Å². The van der Waals surface area contributed by atoms with E-state index in [4.69, 9.17) is 0 Å². The molecule has 1 aromatic carbocycles. The predicted molar refractivity (Wildman–Crippen MR) is 101 cm³/mol. The zero-order chi connectivity index (χ0) is 19.2. The van der Waals surface area contributed by atoms with Crippen molar-refractivity contribution in [1.29, 1.82) is 0 Å². The first-order valence-corrected chi connectivity index (χ1v) is 11.6. The van der Waals surface area contributed by atoms with Crippen LogP contribution in [0.2, 0.25) is 0 Å². The third-order valence-electron chi connectivity index (χ3n) is 3.46. The summed E-state index contributed by atoms with van der Waals surface area (Å²) in [5.41, 5.74) is 0.771. The van der Waals surface area contributed by atoms with Crippen LogP contribution >= 0.6 is 34.4 Å². The van der Waals surface area contributed by atoms with Gasteiger partial charge in [-0.25, -0.2) is 18.2 Å². The Hall–Kier alpha value is -2.35. The van der Waals surface area contributed by atoms with E-state index in [0.717, 1.165) is 11.0 Å². The number of rotatable bonds is 5. The quantitative estimate of drug-likeness (QED) is 0.499. The van der Waals surface area contributed by atoms with E-state index in [1.165, 1.54) is 51.2 Å². The van der Waals surface area contributed by atoms with Gasteiger partial charge in [-0.3, -0.25) is 0 Å². The molecular weight excluding hydrogens is 430 g/mol. The van der Waals surface area contributed by atoms with Gasteiger partial charge in [-0.15, -0.1) is 27.8 Å². The highest BCUT2D eigenvalue weighted by Gasteiger charge is 2.20. The van der Waals surface area contributed by atoms with Gasteiger partial charge in [-0.2, -0.15) is 4.68 Å². The monoisotopic (exact) mass is 439 g/mol. The number of tetrazole rings is 1. The topological polar surface area (TPSA) is 128 Å². The lowest BCUT2D eigenvalue weighted by Gasteiger charge is -2.01. The number of benzene rings is 1. The van der Waals surface area contributed by atoms with Crippen molar-refractivity contribution >= 4 is 60.5 Å².